The molecule has 1 unspecified atom stereocenters. The van der Waals surface area contributed by atoms with E-state index in [1.165, 1.54) is 12.1 Å². The molecule has 1 aromatic carbocycles. The summed E-state index contributed by atoms with van der Waals surface area (Å²) in [5.41, 5.74) is 2.62. The van der Waals surface area contributed by atoms with Crippen molar-refractivity contribution in [3.05, 3.63) is 71.9 Å². The van der Waals surface area contributed by atoms with E-state index in [1.54, 1.807) is 41.4 Å². The Bertz CT molecular complexity index is 1290. The van der Waals surface area contributed by atoms with Gasteiger partial charge in [-0.05, 0) is 49.7 Å². The molecule has 5 rings (SSSR count). The quantitative estimate of drug-likeness (QED) is 0.429. The molecule has 0 radical (unpaired) electrons. The minimum absolute atomic E-state index is 0.0759. The first-order chi connectivity index (χ1) is 17.0. The number of morpholine rings is 1. The van der Waals surface area contributed by atoms with Crippen molar-refractivity contribution >= 4 is 16.9 Å². The van der Waals surface area contributed by atoms with Crippen LogP contribution in [-0.4, -0.2) is 58.4 Å². The van der Waals surface area contributed by atoms with Gasteiger partial charge in [0.25, 0.3) is 5.91 Å². The van der Waals surface area contributed by atoms with Gasteiger partial charge in [-0.1, -0.05) is 12.1 Å². The smallest absolute Gasteiger partial charge is 0.252 e. The molecule has 1 fully saturated rings. The summed E-state index contributed by atoms with van der Waals surface area (Å²) in [5, 5.41) is 8.25. The van der Waals surface area contributed by atoms with E-state index in [0.717, 1.165) is 18.7 Å². The molecule has 1 atom stereocenters. The number of carbonyl (C=O) groups is 1. The number of furan rings is 1. The van der Waals surface area contributed by atoms with Gasteiger partial charge >= 0.3 is 0 Å². The lowest BCUT2D eigenvalue weighted by Gasteiger charge is -2.35. The summed E-state index contributed by atoms with van der Waals surface area (Å²) < 4.78 is 26.4. The normalized spacial score (nSPS) is 15.5. The summed E-state index contributed by atoms with van der Waals surface area (Å²) in [4.78, 5) is 20.5. The number of aromatic nitrogens is 3. The maximum atomic E-state index is 13.6. The Morgan fingerprint density at radius 3 is 2.63 bits per heavy atom. The maximum absolute atomic E-state index is 13.6. The fourth-order valence-corrected chi connectivity index (χ4v) is 4.45. The van der Waals surface area contributed by atoms with Gasteiger partial charge in [0.15, 0.2) is 11.4 Å². The van der Waals surface area contributed by atoms with Crippen LogP contribution >= 0.6 is 0 Å². The number of pyridine rings is 1. The molecule has 0 aliphatic carbocycles. The minimum Gasteiger partial charge on any atom is -0.463 e. The van der Waals surface area contributed by atoms with E-state index in [-0.39, 0.29) is 23.8 Å². The van der Waals surface area contributed by atoms with Crippen LogP contribution in [0.2, 0.25) is 0 Å². The van der Waals surface area contributed by atoms with Gasteiger partial charge in [0.05, 0.1) is 42.7 Å². The van der Waals surface area contributed by atoms with Crippen LogP contribution in [0.1, 0.15) is 41.9 Å². The van der Waals surface area contributed by atoms with Gasteiger partial charge in [-0.15, -0.1) is 0 Å². The van der Waals surface area contributed by atoms with E-state index in [0.29, 0.717) is 47.8 Å². The second-order valence-corrected chi connectivity index (χ2v) is 8.88. The van der Waals surface area contributed by atoms with Crippen LogP contribution in [0, 0.1) is 5.82 Å². The number of amides is 1. The largest absolute Gasteiger partial charge is 0.463 e. The van der Waals surface area contributed by atoms with Gasteiger partial charge in [0, 0.05) is 25.7 Å². The third-order valence-corrected chi connectivity index (χ3v) is 6.27. The molecule has 182 valence electrons. The van der Waals surface area contributed by atoms with Crippen LogP contribution in [0.25, 0.3) is 22.5 Å². The van der Waals surface area contributed by atoms with Gasteiger partial charge < -0.3 is 14.5 Å². The third-order valence-electron chi connectivity index (χ3n) is 6.27. The molecule has 1 aliphatic heterocycles. The Morgan fingerprint density at radius 2 is 1.94 bits per heavy atom. The molecule has 1 aliphatic rings. The van der Waals surface area contributed by atoms with Crippen molar-refractivity contribution in [2.75, 3.05) is 32.8 Å². The van der Waals surface area contributed by atoms with Crippen molar-refractivity contribution in [3.63, 3.8) is 0 Å². The molecular formula is C26H28FN5O3. The number of halogens is 1. The molecule has 1 amide bonds. The summed E-state index contributed by atoms with van der Waals surface area (Å²) in [6.07, 6.45) is 3.26. The van der Waals surface area contributed by atoms with Gasteiger partial charge in [-0.2, -0.15) is 5.10 Å². The van der Waals surface area contributed by atoms with Crippen molar-refractivity contribution in [1.82, 2.24) is 25.0 Å². The number of ether oxygens (including phenoxy) is 1. The molecule has 35 heavy (non-hydrogen) atoms. The van der Waals surface area contributed by atoms with E-state index in [9.17, 15) is 9.18 Å². The highest BCUT2D eigenvalue weighted by atomic mass is 19.1. The van der Waals surface area contributed by atoms with Crippen LogP contribution in [0.15, 0.2) is 59.3 Å². The van der Waals surface area contributed by atoms with E-state index < -0.39 is 0 Å². The number of benzene rings is 1. The predicted octanol–water partition coefficient (Wildman–Crippen LogP) is 4.21. The highest BCUT2D eigenvalue weighted by Gasteiger charge is 2.25. The van der Waals surface area contributed by atoms with Crippen LogP contribution < -0.4 is 5.32 Å². The first-order valence-electron chi connectivity index (χ1n) is 11.8. The molecule has 1 saturated heterocycles. The maximum Gasteiger partial charge on any atom is 0.252 e. The first kappa shape index (κ1) is 23.2. The Kier molecular flexibility index (Phi) is 6.61. The number of rotatable bonds is 7. The second-order valence-electron chi connectivity index (χ2n) is 8.88. The zero-order valence-corrected chi connectivity index (χ0v) is 19.8. The molecule has 0 spiro atoms. The standard InChI is InChI=1S/C26H28FN5O3/c1-17(2)32-25-21(15-29-32)20(14-22(30-25)24-4-3-11-35-24)26(33)28-16-23(31-9-12-34-13-10-31)18-5-7-19(27)8-6-18/h3-8,11,14-15,17,23H,9-10,12-13,16H2,1-2H3,(H,28,33). The number of fused-ring (bicyclic) bond motifs is 1. The summed E-state index contributed by atoms with van der Waals surface area (Å²) in [6, 6.07) is 11.8. The molecule has 4 aromatic rings. The van der Waals surface area contributed by atoms with Crippen molar-refractivity contribution in [3.8, 4) is 11.5 Å². The molecule has 8 nitrogen and oxygen atoms in total. The molecule has 1 N–H and O–H groups in total. The monoisotopic (exact) mass is 477 g/mol. The zero-order valence-electron chi connectivity index (χ0n) is 19.8. The lowest BCUT2D eigenvalue weighted by molar-refractivity contribution is 0.0162. The molecule has 4 heterocycles. The molecular weight excluding hydrogens is 449 g/mol. The Morgan fingerprint density at radius 1 is 1.17 bits per heavy atom. The van der Waals surface area contributed by atoms with E-state index in [4.69, 9.17) is 14.1 Å². The van der Waals surface area contributed by atoms with Gasteiger partial charge in [-0.3, -0.25) is 9.69 Å². The van der Waals surface area contributed by atoms with Gasteiger partial charge in [0.2, 0.25) is 0 Å². The van der Waals surface area contributed by atoms with E-state index in [1.807, 2.05) is 19.9 Å². The van der Waals surface area contributed by atoms with Gasteiger partial charge in [-0.25, -0.2) is 14.1 Å². The fraction of sp³-hybridized carbons (Fsp3) is 0.346. The minimum atomic E-state index is -0.287. The van der Waals surface area contributed by atoms with Crippen LogP contribution in [0.3, 0.4) is 0 Å². The topological polar surface area (TPSA) is 85.4 Å². The molecule has 9 heteroatoms. The zero-order chi connectivity index (χ0) is 24.4. The number of carbonyl (C=O) groups excluding carboxylic acids is 1. The predicted molar refractivity (Wildman–Crippen MR) is 129 cm³/mol. The lowest BCUT2D eigenvalue weighted by Crippen LogP contribution is -2.43. The Labute approximate surface area is 202 Å². The van der Waals surface area contributed by atoms with Crippen molar-refractivity contribution in [1.29, 1.82) is 0 Å². The number of nitrogens with zero attached hydrogens (tertiary/aromatic N) is 4. The Hall–Kier alpha value is -3.56. The summed E-state index contributed by atoms with van der Waals surface area (Å²) >= 11 is 0. The average molecular weight is 478 g/mol. The van der Waals surface area contributed by atoms with E-state index in [2.05, 4.69) is 15.3 Å². The Balaban J connectivity index is 1.46. The number of nitrogens with one attached hydrogen (secondary N) is 1. The third kappa shape index (κ3) is 4.82. The average Bonchev–Trinajstić information content (AvgIpc) is 3.55. The highest BCUT2D eigenvalue weighted by molar-refractivity contribution is 6.06. The lowest BCUT2D eigenvalue weighted by atomic mass is 10.0. The molecule has 0 saturated carbocycles. The van der Waals surface area contributed by atoms with E-state index >= 15 is 0 Å². The summed E-state index contributed by atoms with van der Waals surface area (Å²) in [6.45, 7) is 7.12. The SMILES string of the molecule is CC(C)n1ncc2c(C(=O)NCC(c3ccc(F)cc3)N3CCOCC3)cc(-c3ccco3)nc21. The van der Waals surface area contributed by atoms with Gasteiger partial charge in [0.1, 0.15) is 11.5 Å². The van der Waals surface area contributed by atoms with Crippen molar-refractivity contribution in [2.45, 2.75) is 25.9 Å². The summed E-state index contributed by atoms with van der Waals surface area (Å²) in [7, 11) is 0. The van der Waals surface area contributed by atoms with Crippen molar-refractivity contribution in [2.24, 2.45) is 0 Å². The first-order valence-corrected chi connectivity index (χ1v) is 11.8. The van der Waals surface area contributed by atoms with Crippen LogP contribution in [-0.2, 0) is 4.74 Å². The van der Waals surface area contributed by atoms with Crippen LogP contribution in [0.5, 0.6) is 0 Å². The van der Waals surface area contributed by atoms with Crippen LogP contribution in [0.4, 0.5) is 4.39 Å². The number of hydrogen-bond donors (Lipinski definition) is 1. The summed E-state index contributed by atoms with van der Waals surface area (Å²) in [5.74, 6) is 0.0640. The number of hydrogen-bond acceptors (Lipinski definition) is 6. The second kappa shape index (κ2) is 9.97. The molecule has 0 bridgehead atoms. The molecule has 3 aromatic heterocycles. The fourth-order valence-electron chi connectivity index (χ4n) is 4.45. The highest BCUT2D eigenvalue weighted by Crippen LogP contribution is 2.27. The van der Waals surface area contributed by atoms with Crippen molar-refractivity contribution < 1.29 is 18.3 Å².